The number of hydrogen-bond donors (Lipinski definition) is 2. The Labute approximate surface area is 125 Å². The minimum absolute atomic E-state index is 0.0316. The first-order valence-corrected chi connectivity index (χ1v) is 8.35. The second-order valence-electron chi connectivity index (χ2n) is 6.46. The molecule has 1 aromatic rings. The highest BCUT2D eigenvalue weighted by Gasteiger charge is 2.38. The van der Waals surface area contributed by atoms with E-state index in [1.54, 1.807) is 18.7 Å². The van der Waals surface area contributed by atoms with E-state index in [4.69, 9.17) is 0 Å². The van der Waals surface area contributed by atoms with Gasteiger partial charge >= 0.3 is 0 Å². The lowest BCUT2D eigenvalue weighted by molar-refractivity contribution is -0.131. The van der Waals surface area contributed by atoms with Crippen LogP contribution in [0.25, 0.3) is 0 Å². The summed E-state index contributed by atoms with van der Waals surface area (Å²) in [5.41, 5.74) is 0.618. The average Bonchev–Trinajstić information content (AvgIpc) is 2.81. The van der Waals surface area contributed by atoms with Gasteiger partial charge in [-0.15, -0.1) is 0 Å². The van der Waals surface area contributed by atoms with Crippen LogP contribution in [0.5, 0.6) is 0 Å². The molecule has 2 rings (SSSR count). The molecule has 21 heavy (non-hydrogen) atoms. The number of H-pyrrole nitrogens is 1. The normalized spacial score (nSPS) is 20.3. The summed E-state index contributed by atoms with van der Waals surface area (Å²) < 4.78 is 27.5. The number of hydrogen-bond acceptors (Lipinski definition) is 4. The number of rotatable bonds is 3. The first kappa shape index (κ1) is 16.0. The first-order chi connectivity index (χ1) is 9.52. The van der Waals surface area contributed by atoms with Gasteiger partial charge in [-0.3, -0.25) is 9.89 Å². The zero-order valence-electron chi connectivity index (χ0n) is 13.0. The summed E-state index contributed by atoms with van der Waals surface area (Å²) in [6.45, 7) is 9.50. The molecule has 118 valence electrons. The Morgan fingerprint density at radius 3 is 2.38 bits per heavy atom. The fourth-order valence-electron chi connectivity index (χ4n) is 2.65. The van der Waals surface area contributed by atoms with Gasteiger partial charge in [0.05, 0.1) is 11.4 Å². The molecule has 0 aliphatic carbocycles. The van der Waals surface area contributed by atoms with Gasteiger partial charge in [-0.1, -0.05) is 0 Å². The fourth-order valence-corrected chi connectivity index (χ4v) is 4.25. The predicted octanol–water partition coefficient (Wildman–Crippen LogP) is 0.704. The number of aryl methyl sites for hydroxylation is 2. The predicted molar refractivity (Wildman–Crippen MR) is 78.3 cm³/mol. The molecule has 1 amide bonds. The molecular formula is C13H22N4O3S. The third-order valence-electron chi connectivity index (χ3n) is 3.59. The maximum Gasteiger partial charge on any atom is 0.244 e. The van der Waals surface area contributed by atoms with Crippen molar-refractivity contribution in [3.05, 3.63) is 11.4 Å². The monoisotopic (exact) mass is 314 g/mol. The van der Waals surface area contributed by atoms with Crippen molar-refractivity contribution < 1.29 is 13.2 Å². The standard InChI is InChI=1S/C13H22N4O3S/c1-8-12(9(2)15-14-8)21(19,20)16-10-6-11(18)17(7-10)13(3,4)5/h10,16H,6-7H2,1-5H3,(H,14,15). The zero-order valence-corrected chi connectivity index (χ0v) is 13.8. The van der Waals surface area contributed by atoms with Crippen molar-refractivity contribution in [2.45, 2.75) is 57.5 Å². The quantitative estimate of drug-likeness (QED) is 0.858. The minimum Gasteiger partial charge on any atom is -0.336 e. The SMILES string of the molecule is Cc1n[nH]c(C)c1S(=O)(=O)NC1CC(=O)N(C(C)(C)C)C1. The van der Waals surface area contributed by atoms with Crippen molar-refractivity contribution in [1.82, 2.24) is 19.8 Å². The molecule has 8 heteroatoms. The minimum atomic E-state index is -3.68. The number of sulfonamides is 1. The number of likely N-dealkylation sites (tertiary alicyclic amines) is 1. The fraction of sp³-hybridized carbons (Fsp3) is 0.692. The van der Waals surface area contributed by atoms with Crippen LogP contribution in [-0.2, 0) is 14.8 Å². The largest absolute Gasteiger partial charge is 0.336 e. The van der Waals surface area contributed by atoms with E-state index in [1.165, 1.54) is 0 Å². The van der Waals surface area contributed by atoms with Gasteiger partial charge in [0.2, 0.25) is 15.9 Å². The maximum atomic E-state index is 12.5. The summed E-state index contributed by atoms with van der Waals surface area (Å²) in [5, 5.41) is 6.57. The molecular weight excluding hydrogens is 292 g/mol. The Hall–Kier alpha value is -1.41. The van der Waals surface area contributed by atoms with E-state index in [9.17, 15) is 13.2 Å². The molecule has 1 unspecified atom stereocenters. The van der Waals surface area contributed by atoms with Crippen LogP contribution < -0.4 is 4.72 Å². The van der Waals surface area contributed by atoms with Gasteiger partial charge in [-0.05, 0) is 34.6 Å². The lowest BCUT2D eigenvalue weighted by Crippen LogP contribution is -2.44. The first-order valence-electron chi connectivity index (χ1n) is 6.87. The van der Waals surface area contributed by atoms with E-state index in [2.05, 4.69) is 14.9 Å². The van der Waals surface area contributed by atoms with Crippen LogP contribution in [0.15, 0.2) is 4.90 Å². The molecule has 0 saturated carbocycles. The van der Waals surface area contributed by atoms with Crippen molar-refractivity contribution in [1.29, 1.82) is 0 Å². The number of aromatic nitrogens is 2. The topological polar surface area (TPSA) is 95.2 Å². The van der Waals surface area contributed by atoms with Gasteiger partial charge in [-0.25, -0.2) is 13.1 Å². The van der Waals surface area contributed by atoms with Crippen molar-refractivity contribution >= 4 is 15.9 Å². The Kier molecular flexibility index (Phi) is 3.88. The molecule has 2 heterocycles. The second-order valence-corrected chi connectivity index (χ2v) is 8.11. The summed E-state index contributed by atoms with van der Waals surface area (Å²) in [5.74, 6) is -0.0316. The van der Waals surface area contributed by atoms with Gasteiger partial charge in [0, 0.05) is 24.5 Å². The summed E-state index contributed by atoms with van der Waals surface area (Å²) >= 11 is 0. The number of carbonyl (C=O) groups is 1. The van der Waals surface area contributed by atoms with Gasteiger partial charge in [0.1, 0.15) is 4.90 Å². The molecule has 0 aromatic carbocycles. The molecule has 1 aromatic heterocycles. The molecule has 7 nitrogen and oxygen atoms in total. The Morgan fingerprint density at radius 1 is 1.33 bits per heavy atom. The maximum absolute atomic E-state index is 12.5. The van der Waals surface area contributed by atoms with Gasteiger partial charge in [0.25, 0.3) is 0 Å². The van der Waals surface area contributed by atoms with E-state index in [0.717, 1.165) is 0 Å². The Bertz CT molecular complexity index is 638. The third-order valence-corrected chi connectivity index (χ3v) is 5.37. The molecule has 1 fully saturated rings. The highest BCUT2D eigenvalue weighted by atomic mass is 32.2. The summed E-state index contributed by atoms with van der Waals surface area (Å²) in [6.07, 6.45) is 0.187. The van der Waals surface area contributed by atoms with Crippen LogP contribution in [0.3, 0.4) is 0 Å². The van der Waals surface area contributed by atoms with E-state index in [0.29, 0.717) is 17.9 Å². The van der Waals surface area contributed by atoms with Gasteiger partial charge in [-0.2, -0.15) is 5.10 Å². The number of amides is 1. The van der Waals surface area contributed by atoms with Gasteiger partial charge < -0.3 is 4.90 Å². The molecule has 1 atom stereocenters. The molecule has 0 bridgehead atoms. The molecule has 2 N–H and O–H groups in total. The summed E-state index contributed by atoms with van der Waals surface area (Å²) in [6, 6.07) is -0.407. The van der Waals surface area contributed by atoms with Crippen molar-refractivity contribution in [3.63, 3.8) is 0 Å². The summed E-state index contributed by atoms with van der Waals surface area (Å²) in [7, 11) is -3.68. The third kappa shape index (κ3) is 3.11. The second kappa shape index (κ2) is 5.10. The van der Waals surface area contributed by atoms with Crippen molar-refractivity contribution in [3.8, 4) is 0 Å². The van der Waals surface area contributed by atoms with Crippen LogP contribution in [-0.4, -0.2) is 47.5 Å². The lowest BCUT2D eigenvalue weighted by atomic mass is 10.1. The molecule has 0 spiro atoms. The Balaban J connectivity index is 2.18. The van der Waals surface area contributed by atoms with E-state index in [1.807, 2.05) is 20.8 Å². The molecule has 1 saturated heterocycles. The molecule has 1 aliphatic rings. The molecule has 0 radical (unpaired) electrons. The average molecular weight is 314 g/mol. The zero-order chi connectivity index (χ0) is 16.0. The summed E-state index contributed by atoms with van der Waals surface area (Å²) in [4.78, 5) is 13.9. The number of nitrogens with one attached hydrogen (secondary N) is 2. The van der Waals surface area contributed by atoms with E-state index >= 15 is 0 Å². The van der Waals surface area contributed by atoms with E-state index < -0.39 is 16.1 Å². The van der Waals surface area contributed by atoms with Crippen LogP contribution in [0.2, 0.25) is 0 Å². The number of nitrogens with zero attached hydrogens (tertiary/aromatic N) is 2. The number of carbonyl (C=O) groups excluding carboxylic acids is 1. The van der Waals surface area contributed by atoms with Crippen LogP contribution in [0.4, 0.5) is 0 Å². The van der Waals surface area contributed by atoms with Crippen LogP contribution in [0.1, 0.15) is 38.6 Å². The van der Waals surface area contributed by atoms with Crippen molar-refractivity contribution in [2.75, 3.05) is 6.54 Å². The number of aromatic amines is 1. The highest BCUT2D eigenvalue weighted by molar-refractivity contribution is 7.89. The lowest BCUT2D eigenvalue weighted by Gasteiger charge is -2.32. The van der Waals surface area contributed by atoms with E-state index in [-0.39, 0.29) is 22.8 Å². The van der Waals surface area contributed by atoms with Gasteiger partial charge in [0.15, 0.2) is 0 Å². The molecule has 1 aliphatic heterocycles. The van der Waals surface area contributed by atoms with Crippen LogP contribution >= 0.6 is 0 Å². The smallest absolute Gasteiger partial charge is 0.244 e. The highest BCUT2D eigenvalue weighted by Crippen LogP contribution is 2.24. The van der Waals surface area contributed by atoms with Crippen LogP contribution in [0, 0.1) is 13.8 Å². The van der Waals surface area contributed by atoms with Crippen molar-refractivity contribution in [2.24, 2.45) is 0 Å². The Morgan fingerprint density at radius 2 is 1.95 bits per heavy atom.